The van der Waals surface area contributed by atoms with Gasteiger partial charge >= 0.3 is 6.09 Å². The molecule has 1 aliphatic rings. The highest BCUT2D eigenvalue weighted by Gasteiger charge is 2.19. The van der Waals surface area contributed by atoms with E-state index < -0.39 is 5.60 Å². The van der Waals surface area contributed by atoms with Gasteiger partial charge in [0.2, 0.25) is 0 Å². The number of amides is 1. The Balaban J connectivity index is 1.83. The summed E-state index contributed by atoms with van der Waals surface area (Å²) < 4.78 is 5.37. The number of carbonyl (C=O) groups is 1. The lowest BCUT2D eigenvalue weighted by Gasteiger charge is -2.25. The average molecular weight is 404 g/mol. The Morgan fingerprint density at radius 3 is 2.62 bits per heavy atom. The summed E-state index contributed by atoms with van der Waals surface area (Å²) in [5.41, 5.74) is 2.02. The molecule has 0 spiro atoms. The number of guanidine groups is 1. The third-order valence-electron chi connectivity index (χ3n) is 4.86. The summed E-state index contributed by atoms with van der Waals surface area (Å²) in [7, 11) is 3.48. The van der Waals surface area contributed by atoms with Crippen LogP contribution in [0.25, 0.3) is 0 Å². The van der Waals surface area contributed by atoms with Gasteiger partial charge in [-0.05, 0) is 58.2 Å². The van der Waals surface area contributed by atoms with Gasteiger partial charge in [-0.25, -0.2) is 4.79 Å². The van der Waals surface area contributed by atoms with Crippen LogP contribution in [0.2, 0.25) is 0 Å². The lowest BCUT2D eigenvalue weighted by molar-refractivity contribution is 0.0302. The topological polar surface area (TPSA) is 69.2 Å². The average Bonchev–Trinajstić information content (AvgIpc) is 3.20. The van der Waals surface area contributed by atoms with Crippen molar-refractivity contribution < 1.29 is 9.53 Å². The molecule has 1 saturated heterocycles. The minimum absolute atomic E-state index is 0.118. The first kappa shape index (κ1) is 22.8. The molecule has 1 unspecified atom stereocenters. The third kappa shape index (κ3) is 7.48. The van der Waals surface area contributed by atoms with Gasteiger partial charge in [-0.2, -0.15) is 0 Å². The van der Waals surface area contributed by atoms with Crippen LogP contribution in [0, 0.1) is 0 Å². The third-order valence-corrected chi connectivity index (χ3v) is 4.86. The molecular formula is C22H37N5O2. The van der Waals surface area contributed by atoms with Gasteiger partial charge in [0.15, 0.2) is 5.96 Å². The molecule has 1 heterocycles. The van der Waals surface area contributed by atoms with Crippen LogP contribution in [0.4, 0.5) is 10.5 Å². The van der Waals surface area contributed by atoms with Crippen molar-refractivity contribution in [2.75, 3.05) is 45.2 Å². The maximum atomic E-state index is 12.0. The summed E-state index contributed by atoms with van der Waals surface area (Å²) in [6.45, 7) is 11.1. The maximum Gasteiger partial charge on any atom is 0.410 e. The van der Waals surface area contributed by atoms with Crippen molar-refractivity contribution in [1.29, 1.82) is 0 Å². The van der Waals surface area contributed by atoms with Crippen LogP contribution >= 0.6 is 0 Å². The standard InChI is InChI=1S/C22H37N5O2/c1-17(18-10-9-11-19(16-18)27-13-7-8-14-27)25-20(23-5)24-12-15-26(6)21(28)29-22(2,3)4/h9-11,16-17H,7-8,12-15H2,1-6H3,(H2,23,24,25). The summed E-state index contributed by atoms with van der Waals surface area (Å²) >= 11 is 0. The predicted octanol–water partition coefficient (Wildman–Crippen LogP) is 3.38. The molecule has 1 fully saturated rings. The quantitative estimate of drug-likeness (QED) is 0.563. The highest BCUT2D eigenvalue weighted by Crippen LogP contribution is 2.23. The first-order valence-corrected chi connectivity index (χ1v) is 10.5. The van der Waals surface area contributed by atoms with Gasteiger partial charge in [-0.15, -0.1) is 0 Å². The van der Waals surface area contributed by atoms with E-state index in [-0.39, 0.29) is 12.1 Å². The Morgan fingerprint density at radius 1 is 1.31 bits per heavy atom. The number of hydrogen-bond acceptors (Lipinski definition) is 4. The zero-order valence-electron chi connectivity index (χ0n) is 18.8. The van der Waals surface area contributed by atoms with E-state index in [1.165, 1.54) is 24.1 Å². The van der Waals surface area contributed by atoms with E-state index >= 15 is 0 Å². The summed E-state index contributed by atoms with van der Waals surface area (Å²) in [6, 6.07) is 8.81. The smallest absolute Gasteiger partial charge is 0.410 e. The molecule has 1 aromatic rings. The van der Waals surface area contributed by atoms with Gasteiger partial charge in [0.25, 0.3) is 0 Å². The molecule has 2 N–H and O–H groups in total. The van der Waals surface area contributed by atoms with Crippen molar-refractivity contribution in [3.63, 3.8) is 0 Å². The van der Waals surface area contributed by atoms with E-state index in [0.29, 0.717) is 19.0 Å². The second-order valence-corrected chi connectivity index (χ2v) is 8.56. The van der Waals surface area contributed by atoms with E-state index in [1.54, 1.807) is 19.0 Å². The van der Waals surface area contributed by atoms with Gasteiger partial charge < -0.3 is 25.2 Å². The number of carbonyl (C=O) groups excluding carboxylic acids is 1. The summed E-state index contributed by atoms with van der Waals surface area (Å²) in [5, 5.41) is 6.70. The highest BCUT2D eigenvalue weighted by atomic mass is 16.6. The number of ether oxygens (including phenoxy) is 1. The number of hydrogen-bond donors (Lipinski definition) is 2. The molecule has 2 rings (SSSR count). The number of rotatable bonds is 6. The molecule has 0 aromatic heterocycles. The van der Waals surface area contributed by atoms with Gasteiger partial charge in [-0.3, -0.25) is 4.99 Å². The monoisotopic (exact) mass is 403 g/mol. The zero-order valence-corrected chi connectivity index (χ0v) is 18.8. The van der Waals surface area contributed by atoms with Crippen molar-refractivity contribution in [3.05, 3.63) is 29.8 Å². The first-order valence-electron chi connectivity index (χ1n) is 10.5. The van der Waals surface area contributed by atoms with E-state index in [2.05, 4.69) is 51.7 Å². The highest BCUT2D eigenvalue weighted by molar-refractivity contribution is 5.80. The molecule has 0 radical (unpaired) electrons. The molecule has 1 amide bonds. The Kier molecular flexibility index (Phi) is 8.17. The van der Waals surface area contributed by atoms with Crippen LogP contribution in [0.3, 0.4) is 0 Å². The Bertz CT molecular complexity index is 693. The number of nitrogens with zero attached hydrogens (tertiary/aromatic N) is 3. The minimum atomic E-state index is -0.491. The number of likely N-dealkylation sites (N-methyl/N-ethyl adjacent to an activating group) is 1. The number of anilines is 1. The molecule has 0 bridgehead atoms. The summed E-state index contributed by atoms with van der Waals surface area (Å²) in [6.07, 6.45) is 2.22. The molecule has 1 aliphatic heterocycles. The van der Waals surface area contributed by atoms with E-state index in [1.807, 2.05) is 20.8 Å². The second kappa shape index (κ2) is 10.4. The Hall–Kier alpha value is -2.44. The fourth-order valence-corrected chi connectivity index (χ4v) is 3.22. The van der Waals surface area contributed by atoms with Crippen molar-refractivity contribution in [3.8, 4) is 0 Å². The Labute approximate surface area is 175 Å². The second-order valence-electron chi connectivity index (χ2n) is 8.56. The van der Waals surface area contributed by atoms with Crippen LogP contribution in [0.1, 0.15) is 52.1 Å². The first-order chi connectivity index (χ1) is 13.7. The molecule has 0 aliphatic carbocycles. The molecular weight excluding hydrogens is 366 g/mol. The molecule has 1 aromatic carbocycles. The molecule has 29 heavy (non-hydrogen) atoms. The summed E-state index contributed by atoms with van der Waals surface area (Å²) in [5.74, 6) is 0.710. The molecule has 7 nitrogen and oxygen atoms in total. The molecule has 7 heteroatoms. The van der Waals surface area contributed by atoms with Gasteiger partial charge in [0, 0.05) is 46.0 Å². The fraction of sp³-hybridized carbons (Fsp3) is 0.636. The van der Waals surface area contributed by atoms with E-state index in [0.717, 1.165) is 13.1 Å². The van der Waals surface area contributed by atoms with Gasteiger partial charge in [-0.1, -0.05) is 12.1 Å². The largest absolute Gasteiger partial charge is 0.444 e. The number of nitrogens with one attached hydrogen (secondary N) is 2. The normalized spacial score (nSPS) is 15.8. The van der Waals surface area contributed by atoms with Gasteiger partial charge in [0.05, 0.1) is 6.04 Å². The van der Waals surface area contributed by atoms with Crippen LogP contribution < -0.4 is 15.5 Å². The van der Waals surface area contributed by atoms with E-state index in [9.17, 15) is 4.79 Å². The molecule has 0 saturated carbocycles. The van der Waals surface area contributed by atoms with Crippen LogP contribution in [-0.2, 0) is 4.74 Å². The molecule has 162 valence electrons. The van der Waals surface area contributed by atoms with Crippen molar-refractivity contribution >= 4 is 17.7 Å². The van der Waals surface area contributed by atoms with E-state index in [4.69, 9.17) is 4.74 Å². The number of aliphatic imine (C=N–C) groups is 1. The van der Waals surface area contributed by atoms with Crippen LogP contribution in [0.15, 0.2) is 29.3 Å². The fourth-order valence-electron chi connectivity index (χ4n) is 3.22. The van der Waals surface area contributed by atoms with Crippen LogP contribution in [-0.4, -0.2) is 62.8 Å². The lowest BCUT2D eigenvalue weighted by Crippen LogP contribution is -2.43. The van der Waals surface area contributed by atoms with Crippen molar-refractivity contribution in [2.45, 2.75) is 52.2 Å². The lowest BCUT2D eigenvalue weighted by atomic mass is 10.1. The Morgan fingerprint density at radius 2 is 2.00 bits per heavy atom. The predicted molar refractivity (Wildman–Crippen MR) is 120 cm³/mol. The van der Waals surface area contributed by atoms with Crippen molar-refractivity contribution in [1.82, 2.24) is 15.5 Å². The van der Waals surface area contributed by atoms with Crippen LogP contribution in [0.5, 0.6) is 0 Å². The minimum Gasteiger partial charge on any atom is -0.444 e. The summed E-state index contributed by atoms with van der Waals surface area (Å²) in [4.78, 5) is 20.3. The molecule has 1 atom stereocenters. The van der Waals surface area contributed by atoms with Gasteiger partial charge in [0.1, 0.15) is 5.60 Å². The zero-order chi connectivity index (χ0) is 21.4. The maximum absolute atomic E-state index is 12.0. The SMILES string of the molecule is CN=C(NCCN(C)C(=O)OC(C)(C)C)NC(C)c1cccc(N2CCCC2)c1. The van der Waals surface area contributed by atoms with Crippen molar-refractivity contribution in [2.24, 2.45) is 4.99 Å². The number of benzene rings is 1.